The van der Waals surface area contributed by atoms with Crippen molar-refractivity contribution < 1.29 is 4.79 Å². The van der Waals surface area contributed by atoms with Gasteiger partial charge in [0, 0.05) is 5.41 Å². The second kappa shape index (κ2) is 7.59. The molecule has 2 aromatic rings. The molecule has 3 heteroatoms. The third-order valence-corrected chi connectivity index (χ3v) is 4.95. The van der Waals surface area contributed by atoms with E-state index in [0.29, 0.717) is 0 Å². The van der Waals surface area contributed by atoms with Gasteiger partial charge in [-0.2, -0.15) is 0 Å². The summed E-state index contributed by atoms with van der Waals surface area (Å²) in [5, 5.41) is 2.83. The fourth-order valence-electron chi connectivity index (χ4n) is 2.64. The number of benzene rings is 2. The summed E-state index contributed by atoms with van der Waals surface area (Å²) in [5.41, 5.74) is 2.58. The summed E-state index contributed by atoms with van der Waals surface area (Å²) in [5.74, 6) is 0. The third-order valence-electron chi connectivity index (χ3n) is 3.97. The molecule has 110 valence electrons. The summed E-state index contributed by atoms with van der Waals surface area (Å²) in [6.45, 7) is 2.28. The van der Waals surface area contributed by atoms with Crippen LogP contribution in [0.1, 0.15) is 30.9 Å². The van der Waals surface area contributed by atoms with Crippen LogP contribution in [0.15, 0.2) is 60.7 Å². The Morgan fingerprint density at radius 2 is 1.52 bits per heavy atom. The van der Waals surface area contributed by atoms with Gasteiger partial charge in [-0.25, -0.2) is 0 Å². The molecule has 0 saturated carbocycles. The van der Waals surface area contributed by atoms with Crippen molar-refractivity contribution in [3.63, 3.8) is 0 Å². The molecule has 2 aromatic carbocycles. The van der Waals surface area contributed by atoms with Crippen molar-refractivity contribution in [2.24, 2.45) is 0 Å². The first-order valence-corrected chi connectivity index (χ1v) is 8.36. The fraction of sp³-hybridized carbons (Fsp3) is 0.278. The zero-order chi connectivity index (χ0) is 15.1. The Kier molecular flexibility index (Phi) is 5.79. The van der Waals surface area contributed by atoms with Gasteiger partial charge < -0.3 is 5.32 Å². The van der Waals surface area contributed by atoms with Crippen LogP contribution in [0.25, 0.3) is 0 Å². The van der Waals surface area contributed by atoms with E-state index in [1.807, 2.05) is 12.1 Å². The fourth-order valence-corrected chi connectivity index (χ4v) is 3.10. The lowest BCUT2D eigenvalue weighted by Crippen LogP contribution is -2.28. The molecule has 0 spiro atoms. The highest BCUT2D eigenvalue weighted by Crippen LogP contribution is 2.37. The summed E-state index contributed by atoms with van der Waals surface area (Å²) >= 11 is 2.28. The van der Waals surface area contributed by atoms with Crippen LogP contribution in [-0.2, 0) is 10.2 Å². The van der Waals surface area contributed by atoms with Gasteiger partial charge in [-0.15, -0.1) is 0 Å². The van der Waals surface area contributed by atoms with E-state index in [0.717, 1.165) is 19.3 Å². The quantitative estimate of drug-likeness (QED) is 0.324. The molecule has 21 heavy (non-hydrogen) atoms. The number of amides is 1. The summed E-state index contributed by atoms with van der Waals surface area (Å²) in [7, 11) is 0. The van der Waals surface area contributed by atoms with E-state index in [4.69, 9.17) is 0 Å². The van der Waals surface area contributed by atoms with Crippen LogP contribution in [0.3, 0.4) is 0 Å². The van der Waals surface area contributed by atoms with E-state index in [2.05, 4.69) is 83.4 Å². The van der Waals surface area contributed by atoms with E-state index in [1.54, 1.807) is 0 Å². The summed E-state index contributed by atoms with van der Waals surface area (Å²) in [6, 6.07) is 21.2. The molecule has 1 atom stereocenters. The number of rotatable bonds is 7. The van der Waals surface area contributed by atoms with Crippen LogP contribution in [0, 0.1) is 0 Å². The first-order valence-electron chi connectivity index (χ1n) is 7.11. The van der Waals surface area contributed by atoms with Crippen molar-refractivity contribution in [1.29, 1.82) is 0 Å². The van der Waals surface area contributed by atoms with Gasteiger partial charge in [-0.1, -0.05) is 90.2 Å². The molecule has 0 aliphatic heterocycles. The van der Waals surface area contributed by atoms with Crippen molar-refractivity contribution in [2.45, 2.75) is 29.2 Å². The number of carbonyl (C=O) groups is 1. The van der Waals surface area contributed by atoms with Gasteiger partial charge in [0.15, 0.2) is 0 Å². The summed E-state index contributed by atoms with van der Waals surface area (Å²) in [6.07, 6.45) is 2.69. The minimum atomic E-state index is -0.0451. The lowest BCUT2D eigenvalue weighted by atomic mass is 9.73. The van der Waals surface area contributed by atoms with Crippen LogP contribution >= 0.6 is 22.6 Å². The molecule has 0 saturated heterocycles. The number of nitrogens with one attached hydrogen (secondary N) is 1. The van der Waals surface area contributed by atoms with Crippen LogP contribution in [0.2, 0.25) is 0 Å². The molecule has 1 unspecified atom stereocenters. The Bertz CT molecular complexity index is 516. The Balaban J connectivity index is 2.29. The first kappa shape index (κ1) is 16.0. The number of hydrogen-bond donors (Lipinski definition) is 1. The predicted molar refractivity (Wildman–Crippen MR) is 95.6 cm³/mol. The molecule has 1 N–H and O–H groups in total. The first-order chi connectivity index (χ1) is 10.2. The largest absolute Gasteiger partial charge is 0.347 e. The van der Waals surface area contributed by atoms with Crippen molar-refractivity contribution in [1.82, 2.24) is 5.32 Å². The Morgan fingerprint density at radius 1 is 1.05 bits per heavy atom. The molecule has 0 aliphatic carbocycles. The lowest BCUT2D eigenvalue weighted by Gasteiger charge is -2.32. The number of halogens is 1. The van der Waals surface area contributed by atoms with Crippen LogP contribution in [0.4, 0.5) is 0 Å². The molecule has 0 aliphatic rings. The van der Waals surface area contributed by atoms with Gasteiger partial charge in [0.2, 0.25) is 6.41 Å². The van der Waals surface area contributed by atoms with Crippen molar-refractivity contribution in [2.75, 3.05) is 0 Å². The summed E-state index contributed by atoms with van der Waals surface area (Å²) < 4.78 is 0.159. The van der Waals surface area contributed by atoms with Crippen molar-refractivity contribution >= 4 is 29.0 Å². The summed E-state index contributed by atoms with van der Waals surface area (Å²) in [4.78, 5) is 10.6. The van der Waals surface area contributed by atoms with E-state index in [-0.39, 0.29) is 9.46 Å². The second-order valence-corrected chi connectivity index (χ2v) is 6.86. The minimum absolute atomic E-state index is 0.0451. The molecule has 0 aromatic heterocycles. The van der Waals surface area contributed by atoms with Gasteiger partial charge in [0.1, 0.15) is 0 Å². The lowest BCUT2D eigenvalue weighted by molar-refractivity contribution is -0.109. The Hall–Kier alpha value is -1.36. The second-order valence-electron chi connectivity index (χ2n) is 5.35. The Morgan fingerprint density at radius 3 is 1.95 bits per heavy atom. The van der Waals surface area contributed by atoms with Gasteiger partial charge in [0.25, 0.3) is 0 Å². The third kappa shape index (κ3) is 4.06. The highest BCUT2D eigenvalue weighted by molar-refractivity contribution is 14.1. The highest BCUT2D eigenvalue weighted by atomic mass is 127. The number of carbonyl (C=O) groups excluding carboxylic acids is 1. The zero-order valence-corrected chi connectivity index (χ0v) is 14.3. The molecule has 2 nitrogen and oxygen atoms in total. The number of alkyl halides is 1. The minimum Gasteiger partial charge on any atom is -0.347 e. The molecule has 0 radical (unpaired) electrons. The van der Waals surface area contributed by atoms with E-state index < -0.39 is 0 Å². The van der Waals surface area contributed by atoms with Gasteiger partial charge in [0.05, 0.1) is 4.05 Å². The zero-order valence-electron chi connectivity index (χ0n) is 12.1. The molecule has 0 heterocycles. The van der Waals surface area contributed by atoms with Gasteiger partial charge in [-0.3, -0.25) is 4.79 Å². The van der Waals surface area contributed by atoms with Crippen LogP contribution < -0.4 is 5.32 Å². The molecule has 2 rings (SSSR count). The van der Waals surface area contributed by atoms with Crippen LogP contribution in [-0.4, -0.2) is 10.5 Å². The molecular weight excluding hydrogens is 373 g/mol. The normalized spacial score (nSPS) is 12.7. The van der Waals surface area contributed by atoms with E-state index in [9.17, 15) is 4.79 Å². The number of hydrogen-bond acceptors (Lipinski definition) is 1. The van der Waals surface area contributed by atoms with Crippen molar-refractivity contribution in [3.8, 4) is 0 Å². The topological polar surface area (TPSA) is 29.1 Å². The Labute approximate surface area is 140 Å². The maximum absolute atomic E-state index is 10.6. The SMILES string of the molecule is CC(CCC(I)NC=O)(c1ccccc1)c1ccccc1. The average Bonchev–Trinajstić information content (AvgIpc) is 2.54. The van der Waals surface area contributed by atoms with Crippen molar-refractivity contribution in [3.05, 3.63) is 71.8 Å². The maximum Gasteiger partial charge on any atom is 0.207 e. The monoisotopic (exact) mass is 393 g/mol. The smallest absolute Gasteiger partial charge is 0.207 e. The van der Waals surface area contributed by atoms with E-state index in [1.165, 1.54) is 11.1 Å². The van der Waals surface area contributed by atoms with Crippen LogP contribution in [0.5, 0.6) is 0 Å². The molecule has 0 fully saturated rings. The highest BCUT2D eigenvalue weighted by Gasteiger charge is 2.29. The van der Waals surface area contributed by atoms with Gasteiger partial charge >= 0.3 is 0 Å². The average molecular weight is 393 g/mol. The standard InChI is InChI=1S/C18H20INO/c1-18(13-12-17(19)20-14-21,15-8-4-2-5-9-15)16-10-6-3-7-11-16/h2-11,14,17H,12-13H2,1H3,(H,20,21). The molecule has 0 bridgehead atoms. The predicted octanol–water partition coefficient (Wildman–Crippen LogP) is 4.28. The molecule has 1 amide bonds. The maximum atomic E-state index is 10.6. The van der Waals surface area contributed by atoms with Gasteiger partial charge in [-0.05, 0) is 24.0 Å². The van der Waals surface area contributed by atoms with E-state index >= 15 is 0 Å². The molecular formula is C18H20INO.